The van der Waals surface area contributed by atoms with Crippen LogP contribution in [0.5, 0.6) is 11.5 Å². The molecule has 0 N–H and O–H groups in total. The predicted molar refractivity (Wildman–Crippen MR) is 230 cm³/mol. The van der Waals surface area contributed by atoms with Crippen LogP contribution in [0.2, 0.25) is 0 Å². The fraction of sp³-hybridized carbons (Fsp3) is 0.490. The summed E-state index contributed by atoms with van der Waals surface area (Å²) in [5, 5.41) is 5.45. The monoisotopic (exact) mass is 697 g/mol. The van der Waals surface area contributed by atoms with Crippen LogP contribution in [-0.4, -0.2) is 0 Å². The minimum absolute atomic E-state index is 0.377. The largest absolute Gasteiger partial charge is 0.456 e. The second kappa shape index (κ2) is 17.0. The molecule has 0 aliphatic heterocycles. The molecule has 5 rings (SSSR count). The smallest absolute Gasteiger partial charge is 0.135 e. The van der Waals surface area contributed by atoms with Crippen molar-refractivity contribution in [2.24, 2.45) is 0 Å². The van der Waals surface area contributed by atoms with Crippen LogP contribution in [0.25, 0.3) is 32.7 Å². The lowest BCUT2D eigenvalue weighted by Crippen LogP contribution is -2.03. The third kappa shape index (κ3) is 8.00. The molecule has 5 aromatic carbocycles. The number of fused-ring (bicyclic) bond motifs is 2. The Labute approximate surface area is 317 Å². The molecule has 0 amide bonds. The zero-order valence-corrected chi connectivity index (χ0v) is 35.0. The van der Waals surface area contributed by atoms with E-state index in [2.05, 4.69) is 157 Å². The lowest BCUT2D eigenvalue weighted by molar-refractivity contribution is 0.472. The Kier molecular flexibility index (Phi) is 13.0. The minimum Gasteiger partial charge on any atom is -0.456 e. The summed E-state index contributed by atoms with van der Waals surface area (Å²) in [7, 11) is 0. The zero-order valence-electron chi connectivity index (χ0n) is 35.0. The Balaban J connectivity index is 1.79. The fourth-order valence-electron chi connectivity index (χ4n) is 7.86. The van der Waals surface area contributed by atoms with E-state index < -0.39 is 0 Å². The van der Waals surface area contributed by atoms with Crippen molar-refractivity contribution in [3.05, 3.63) is 106 Å². The van der Waals surface area contributed by atoms with Crippen LogP contribution in [0.4, 0.5) is 0 Å². The van der Waals surface area contributed by atoms with Crippen molar-refractivity contribution in [2.45, 2.75) is 164 Å². The van der Waals surface area contributed by atoms with Crippen molar-refractivity contribution in [2.75, 3.05) is 0 Å². The minimum atomic E-state index is 0.377. The summed E-state index contributed by atoms with van der Waals surface area (Å²) in [5.74, 6) is 4.77. The number of rotatable bonds is 15. The van der Waals surface area contributed by atoms with E-state index >= 15 is 0 Å². The van der Waals surface area contributed by atoms with Gasteiger partial charge in [-0.15, -0.1) is 0 Å². The second-order valence-corrected chi connectivity index (χ2v) is 16.4. The molecule has 0 aliphatic rings. The molecule has 6 atom stereocenters. The van der Waals surface area contributed by atoms with Gasteiger partial charge in [-0.1, -0.05) is 125 Å². The summed E-state index contributed by atoms with van der Waals surface area (Å²) in [4.78, 5) is 0. The van der Waals surface area contributed by atoms with Gasteiger partial charge in [0.15, 0.2) is 0 Å². The van der Waals surface area contributed by atoms with Gasteiger partial charge in [-0.25, -0.2) is 0 Å². The Morgan fingerprint density at radius 1 is 0.404 bits per heavy atom. The molecule has 0 aromatic heterocycles. The first-order chi connectivity index (χ1) is 24.9. The summed E-state index contributed by atoms with van der Waals surface area (Å²) < 4.78 is 7.29. The van der Waals surface area contributed by atoms with Crippen LogP contribution in [0, 0.1) is 6.92 Å². The number of ether oxygens (including phenoxy) is 1. The maximum absolute atomic E-state index is 7.29. The molecular formula is C51H68O. The SMILES string of the molecule is CCC(C)c1cc(C(C)CC)c2cc(Oc3ccc(C)cc3-c3cc4c(C(C)CC)cc(C(C)CC)cc4cc3C(C)CC)c(C(C)CC)cc2c1. The first kappa shape index (κ1) is 39.6. The molecule has 52 heavy (non-hydrogen) atoms. The van der Waals surface area contributed by atoms with Crippen molar-refractivity contribution in [1.82, 2.24) is 0 Å². The van der Waals surface area contributed by atoms with E-state index in [1.807, 2.05) is 0 Å². The van der Waals surface area contributed by atoms with E-state index in [1.165, 1.54) is 71.6 Å². The zero-order chi connectivity index (χ0) is 37.9. The highest BCUT2D eigenvalue weighted by Crippen LogP contribution is 2.46. The fourth-order valence-corrected chi connectivity index (χ4v) is 7.86. The van der Waals surface area contributed by atoms with Crippen LogP contribution in [0.1, 0.15) is 196 Å². The molecule has 0 heterocycles. The molecule has 6 unspecified atom stereocenters. The number of benzene rings is 5. The first-order valence-corrected chi connectivity index (χ1v) is 20.9. The predicted octanol–water partition coefficient (Wildman–Crippen LogP) is 16.8. The van der Waals surface area contributed by atoms with Gasteiger partial charge in [-0.2, -0.15) is 0 Å². The van der Waals surface area contributed by atoms with Crippen molar-refractivity contribution < 1.29 is 4.74 Å². The molecule has 0 spiro atoms. The third-order valence-electron chi connectivity index (χ3n) is 12.9. The molecule has 0 radical (unpaired) electrons. The Bertz CT molecular complexity index is 2000. The highest BCUT2D eigenvalue weighted by atomic mass is 16.5. The van der Waals surface area contributed by atoms with Crippen molar-refractivity contribution >= 4 is 21.5 Å². The topological polar surface area (TPSA) is 9.23 Å². The van der Waals surface area contributed by atoms with Crippen molar-refractivity contribution in [3.8, 4) is 22.6 Å². The summed E-state index contributed by atoms with van der Waals surface area (Å²) >= 11 is 0. The Morgan fingerprint density at radius 3 is 1.35 bits per heavy atom. The van der Waals surface area contributed by atoms with Gasteiger partial charge in [0.2, 0.25) is 0 Å². The summed E-state index contributed by atoms with van der Waals surface area (Å²) in [6.07, 6.45) is 6.68. The van der Waals surface area contributed by atoms with Crippen LogP contribution in [0.15, 0.2) is 66.7 Å². The van der Waals surface area contributed by atoms with E-state index in [9.17, 15) is 0 Å². The van der Waals surface area contributed by atoms with Gasteiger partial charge >= 0.3 is 0 Å². The van der Waals surface area contributed by atoms with Gasteiger partial charge in [0.1, 0.15) is 11.5 Å². The van der Waals surface area contributed by atoms with Crippen molar-refractivity contribution in [1.29, 1.82) is 0 Å². The van der Waals surface area contributed by atoms with Crippen LogP contribution < -0.4 is 4.74 Å². The molecule has 0 bridgehead atoms. The van der Waals surface area contributed by atoms with Crippen LogP contribution in [-0.2, 0) is 0 Å². The quantitative estimate of drug-likeness (QED) is 0.106. The standard InChI is InChI=1S/C51H68O/c1-14-32(8)38-23-40-27-44(36(12)18-5)48(29-46(40)42(25-38)34(10)16-3)49-22-31(7)20-21-50(49)52-51-30-47-41(28-45(51)37(13)19-6)24-39(33(9)15-2)26-43(47)35(11)17-4/h20-30,32-37H,14-19H2,1-13H3. The lowest BCUT2D eigenvalue weighted by Gasteiger charge is -2.24. The first-order valence-electron chi connectivity index (χ1n) is 20.9. The molecule has 1 nitrogen and oxygen atoms in total. The molecule has 278 valence electrons. The van der Waals surface area contributed by atoms with E-state index in [0.29, 0.717) is 35.5 Å². The third-order valence-corrected chi connectivity index (χ3v) is 12.9. The van der Waals surface area contributed by atoms with Gasteiger partial charge in [-0.3, -0.25) is 0 Å². The molecule has 0 aliphatic carbocycles. The Hall–Kier alpha value is -3.58. The van der Waals surface area contributed by atoms with Gasteiger partial charge in [0, 0.05) is 5.56 Å². The molecule has 0 saturated heterocycles. The molecule has 0 fully saturated rings. The summed E-state index contributed by atoms with van der Waals surface area (Å²) in [6, 6.07) is 26.6. The highest BCUT2D eigenvalue weighted by molar-refractivity contribution is 5.94. The van der Waals surface area contributed by atoms with E-state index in [1.54, 1.807) is 0 Å². The van der Waals surface area contributed by atoms with E-state index in [-0.39, 0.29) is 0 Å². The molecule has 0 saturated carbocycles. The average Bonchev–Trinajstić information content (AvgIpc) is 3.17. The molecule has 5 aromatic rings. The number of hydrogen-bond donors (Lipinski definition) is 0. The van der Waals surface area contributed by atoms with E-state index in [0.717, 1.165) is 50.0 Å². The molecule has 1 heteroatoms. The summed E-state index contributed by atoms with van der Waals surface area (Å²) in [6.45, 7) is 30.3. The lowest BCUT2D eigenvalue weighted by atomic mass is 9.82. The van der Waals surface area contributed by atoms with Crippen LogP contribution >= 0.6 is 0 Å². The average molecular weight is 697 g/mol. The maximum atomic E-state index is 7.29. The number of hydrogen-bond acceptors (Lipinski definition) is 1. The van der Waals surface area contributed by atoms with Gasteiger partial charge in [0.05, 0.1) is 0 Å². The maximum Gasteiger partial charge on any atom is 0.135 e. The van der Waals surface area contributed by atoms with Crippen LogP contribution in [0.3, 0.4) is 0 Å². The van der Waals surface area contributed by atoms with E-state index in [4.69, 9.17) is 4.74 Å². The normalized spacial score (nSPS) is 15.4. The number of aryl methyl sites for hydroxylation is 1. The van der Waals surface area contributed by atoms with Crippen molar-refractivity contribution in [3.63, 3.8) is 0 Å². The summed E-state index contributed by atoms with van der Waals surface area (Å²) in [5.41, 5.74) is 12.3. The van der Waals surface area contributed by atoms with Gasteiger partial charge in [-0.05, 0) is 172 Å². The Morgan fingerprint density at radius 2 is 0.846 bits per heavy atom. The van der Waals surface area contributed by atoms with Gasteiger partial charge in [0.25, 0.3) is 0 Å². The highest BCUT2D eigenvalue weighted by Gasteiger charge is 2.23. The molecular weight excluding hydrogens is 629 g/mol. The second-order valence-electron chi connectivity index (χ2n) is 16.4. The van der Waals surface area contributed by atoms with Gasteiger partial charge < -0.3 is 4.74 Å².